The first-order valence-electron chi connectivity index (χ1n) is 8.43. The van der Waals surface area contributed by atoms with Crippen LogP contribution in [0.3, 0.4) is 0 Å². The van der Waals surface area contributed by atoms with Gasteiger partial charge in [0.1, 0.15) is 11.6 Å². The Labute approximate surface area is 164 Å². The third kappa shape index (κ3) is 4.61. The second kappa shape index (κ2) is 7.93. The van der Waals surface area contributed by atoms with E-state index >= 15 is 0 Å². The molecule has 1 nitrogen and oxygen atoms in total. The first kappa shape index (κ1) is 21.0. The number of rotatable bonds is 3. The Balaban J connectivity index is 1.96. The van der Waals surface area contributed by atoms with Gasteiger partial charge in [0, 0.05) is 4.83 Å². The van der Waals surface area contributed by atoms with E-state index in [9.17, 15) is 30.7 Å². The lowest BCUT2D eigenvalue weighted by Gasteiger charge is -2.26. The monoisotopic (exact) mass is 470 g/mol. The summed E-state index contributed by atoms with van der Waals surface area (Å²) in [5, 5.41) is 0. The van der Waals surface area contributed by atoms with Gasteiger partial charge in [-0.1, -0.05) is 15.9 Å². The lowest BCUT2D eigenvalue weighted by Crippen LogP contribution is -2.19. The Morgan fingerprint density at radius 1 is 0.786 bits per heavy atom. The van der Waals surface area contributed by atoms with Gasteiger partial charge in [-0.2, -0.15) is 0 Å². The average Bonchev–Trinajstić information content (AvgIpc) is 2.57. The highest BCUT2D eigenvalue weighted by molar-refractivity contribution is 9.09. The second-order valence-electron chi connectivity index (χ2n) is 6.63. The molecule has 0 unspecified atom stereocenters. The van der Waals surface area contributed by atoms with E-state index in [1.807, 2.05) is 0 Å². The highest BCUT2D eigenvalue weighted by Gasteiger charge is 2.34. The number of benzene rings is 2. The molecular weight excluding hydrogens is 457 g/mol. The standard InChI is InChI=1S/C19H14BrF7O/c20-12-3-1-9(2-4-12)10-5-13(21)17(14(22)6-10)11-7-15(23)18(16(24)8-11)28-19(25,26)27/h5-9,12H,1-4H2. The average molecular weight is 471 g/mol. The summed E-state index contributed by atoms with van der Waals surface area (Å²) < 4.78 is 96.8. The summed E-state index contributed by atoms with van der Waals surface area (Å²) in [6, 6.07) is 3.02. The summed E-state index contributed by atoms with van der Waals surface area (Å²) in [5.41, 5.74) is -0.833. The van der Waals surface area contributed by atoms with Gasteiger partial charge in [0.2, 0.25) is 5.75 Å². The molecule has 0 aromatic heterocycles. The largest absolute Gasteiger partial charge is 0.573 e. The molecule has 0 spiro atoms. The Kier molecular flexibility index (Phi) is 5.93. The summed E-state index contributed by atoms with van der Waals surface area (Å²) in [5.74, 6) is -7.24. The van der Waals surface area contributed by atoms with Crippen molar-refractivity contribution in [3.05, 3.63) is 53.1 Å². The van der Waals surface area contributed by atoms with Crippen LogP contribution in [0.25, 0.3) is 11.1 Å². The van der Waals surface area contributed by atoms with Gasteiger partial charge in [-0.05, 0) is 67.0 Å². The second-order valence-corrected chi connectivity index (χ2v) is 7.92. The van der Waals surface area contributed by atoms with Gasteiger partial charge in [0.25, 0.3) is 0 Å². The molecule has 0 heterocycles. The third-order valence-corrected chi connectivity index (χ3v) is 5.61. The zero-order valence-electron chi connectivity index (χ0n) is 14.2. The fraction of sp³-hybridized carbons (Fsp3) is 0.368. The molecule has 0 radical (unpaired) electrons. The van der Waals surface area contributed by atoms with Gasteiger partial charge >= 0.3 is 6.36 Å². The molecule has 0 aliphatic heterocycles. The molecule has 3 rings (SSSR count). The summed E-state index contributed by atoms with van der Waals surface area (Å²) in [6.07, 6.45) is -2.13. The van der Waals surface area contributed by atoms with Crippen LogP contribution in [0.2, 0.25) is 0 Å². The van der Waals surface area contributed by atoms with Crippen molar-refractivity contribution in [2.24, 2.45) is 0 Å². The van der Waals surface area contributed by atoms with E-state index in [0.29, 0.717) is 22.5 Å². The van der Waals surface area contributed by atoms with Crippen LogP contribution in [0.15, 0.2) is 24.3 Å². The van der Waals surface area contributed by atoms with Crippen molar-refractivity contribution in [1.29, 1.82) is 0 Å². The van der Waals surface area contributed by atoms with Crippen molar-refractivity contribution >= 4 is 15.9 Å². The van der Waals surface area contributed by atoms with Crippen LogP contribution in [0.4, 0.5) is 30.7 Å². The molecule has 1 fully saturated rings. The predicted octanol–water partition coefficient (Wildman–Crippen LogP) is 7.23. The Morgan fingerprint density at radius 2 is 1.29 bits per heavy atom. The van der Waals surface area contributed by atoms with Gasteiger partial charge in [-0.15, -0.1) is 13.2 Å². The van der Waals surface area contributed by atoms with Gasteiger partial charge in [0.05, 0.1) is 5.56 Å². The normalized spacial score (nSPS) is 20.3. The zero-order chi connectivity index (χ0) is 20.6. The number of halogens is 8. The van der Waals surface area contributed by atoms with E-state index in [0.717, 1.165) is 37.8 Å². The van der Waals surface area contributed by atoms with Gasteiger partial charge < -0.3 is 4.74 Å². The minimum Gasteiger partial charge on any atom is -0.399 e. The van der Waals surface area contributed by atoms with Crippen molar-refractivity contribution in [2.45, 2.75) is 42.8 Å². The molecule has 1 aliphatic carbocycles. The molecule has 2 aromatic carbocycles. The SMILES string of the molecule is Fc1cc(-c2c(F)cc(C3CCC(Br)CC3)cc2F)cc(F)c1OC(F)(F)F. The molecule has 0 bridgehead atoms. The van der Waals surface area contributed by atoms with E-state index in [-0.39, 0.29) is 5.92 Å². The molecule has 0 saturated heterocycles. The fourth-order valence-electron chi connectivity index (χ4n) is 3.41. The molecular formula is C19H14BrF7O. The van der Waals surface area contributed by atoms with Crippen LogP contribution in [0.1, 0.15) is 37.2 Å². The molecule has 1 saturated carbocycles. The van der Waals surface area contributed by atoms with Crippen LogP contribution in [-0.4, -0.2) is 11.2 Å². The van der Waals surface area contributed by atoms with Crippen molar-refractivity contribution in [3.63, 3.8) is 0 Å². The lowest BCUT2D eigenvalue weighted by atomic mass is 9.83. The van der Waals surface area contributed by atoms with Crippen molar-refractivity contribution in [1.82, 2.24) is 0 Å². The molecule has 9 heteroatoms. The summed E-state index contributed by atoms with van der Waals surface area (Å²) in [6.45, 7) is 0. The molecule has 0 amide bonds. The molecule has 2 aromatic rings. The van der Waals surface area contributed by atoms with E-state index in [1.165, 1.54) is 0 Å². The van der Waals surface area contributed by atoms with E-state index in [1.54, 1.807) is 0 Å². The zero-order valence-corrected chi connectivity index (χ0v) is 15.8. The highest BCUT2D eigenvalue weighted by Crippen LogP contribution is 2.39. The van der Waals surface area contributed by atoms with E-state index < -0.39 is 46.5 Å². The highest BCUT2D eigenvalue weighted by atomic mass is 79.9. The van der Waals surface area contributed by atoms with Crippen LogP contribution >= 0.6 is 15.9 Å². The smallest absolute Gasteiger partial charge is 0.399 e. The summed E-state index contributed by atoms with van der Waals surface area (Å²) in [7, 11) is 0. The molecule has 152 valence electrons. The first-order valence-corrected chi connectivity index (χ1v) is 9.35. The van der Waals surface area contributed by atoms with Crippen molar-refractivity contribution in [2.75, 3.05) is 0 Å². The quantitative estimate of drug-likeness (QED) is 0.339. The molecule has 0 atom stereocenters. The number of hydrogen-bond acceptors (Lipinski definition) is 1. The van der Waals surface area contributed by atoms with Crippen molar-refractivity contribution in [3.8, 4) is 16.9 Å². The molecule has 1 aliphatic rings. The first-order chi connectivity index (χ1) is 13.0. The van der Waals surface area contributed by atoms with Gasteiger partial charge in [-0.25, -0.2) is 17.6 Å². The third-order valence-electron chi connectivity index (χ3n) is 4.70. The molecule has 28 heavy (non-hydrogen) atoms. The topological polar surface area (TPSA) is 9.23 Å². The number of ether oxygens (including phenoxy) is 1. The maximum Gasteiger partial charge on any atom is 0.573 e. The maximum atomic E-state index is 14.6. The fourth-order valence-corrected chi connectivity index (χ4v) is 3.94. The van der Waals surface area contributed by atoms with Gasteiger partial charge in [-0.3, -0.25) is 0 Å². The van der Waals surface area contributed by atoms with Crippen molar-refractivity contribution < 1.29 is 35.5 Å². The van der Waals surface area contributed by atoms with Crippen LogP contribution in [0.5, 0.6) is 5.75 Å². The Morgan fingerprint density at radius 3 is 1.75 bits per heavy atom. The minimum atomic E-state index is -5.31. The number of hydrogen-bond donors (Lipinski definition) is 0. The number of alkyl halides is 4. The van der Waals surface area contributed by atoms with E-state index in [4.69, 9.17) is 0 Å². The minimum absolute atomic E-state index is 0.0390. The Bertz CT molecular complexity index is 827. The van der Waals surface area contributed by atoms with Gasteiger partial charge in [0.15, 0.2) is 11.6 Å². The maximum absolute atomic E-state index is 14.6. The van der Waals surface area contributed by atoms with E-state index in [2.05, 4.69) is 20.7 Å². The molecule has 0 N–H and O–H groups in total. The van der Waals surface area contributed by atoms with Crippen LogP contribution in [-0.2, 0) is 0 Å². The van der Waals surface area contributed by atoms with Crippen LogP contribution in [0, 0.1) is 23.3 Å². The summed E-state index contributed by atoms with van der Waals surface area (Å²) in [4.78, 5) is 0.362. The summed E-state index contributed by atoms with van der Waals surface area (Å²) >= 11 is 3.50. The lowest BCUT2D eigenvalue weighted by molar-refractivity contribution is -0.276. The predicted molar refractivity (Wildman–Crippen MR) is 92.3 cm³/mol. The van der Waals surface area contributed by atoms with Crippen LogP contribution < -0.4 is 4.74 Å². The Hall–Kier alpha value is -1.77.